The second kappa shape index (κ2) is 5.72. The van der Waals surface area contributed by atoms with Gasteiger partial charge in [-0.15, -0.1) is 10.2 Å². The van der Waals surface area contributed by atoms with Crippen LogP contribution in [-0.2, 0) is 6.54 Å². The van der Waals surface area contributed by atoms with E-state index in [-0.39, 0.29) is 5.88 Å². The van der Waals surface area contributed by atoms with Crippen molar-refractivity contribution >= 4 is 43.3 Å². The summed E-state index contributed by atoms with van der Waals surface area (Å²) in [4.78, 5) is 4.45. The molecule has 0 unspecified atom stereocenters. The first-order valence-corrected chi connectivity index (χ1v) is 8.58. The summed E-state index contributed by atoms with van der Waals surface area (Å²) >= 11 is 1.48. The van der Waals surface area contributed by atoms with E-state index in [1.165, 1.54) is 11.3 Å². The molecular weight excluding hydrogens is 320 g/mol. The molecule has 2 heterocycles. The molecule has 0 atom stereocenters. The maximum Gasteiger partial charge on any atom is 0.231 e. The van der Waals surface area contributed by atoms with Crippen LogP contribution in [0.4, 0.5) is 10.8 Å². The Morgan fingerprint density at radius 1 is 1.17 bits per heavy atom. The Bertz CT molecular complexity index is 1040. The van der Waals surface area contributed by atoms with Crippen LogP contribution in [0.15, 0.2) is 52.7 Å². The molecule has 5 nitrogen and oxygen atoms in total. The van der Waals surface area contributed by atoms with Crippen molar-refractivity contribution in [3.05, 3.63) is 48.0 Å². The van der Waals surface area contributed by atoms with Gasteiger partial charge >= 0.3 is 0 Å². The van der Waals surface area contributed by atoms with Gasteiger partial charge in [0.15, 0.2) is 5.69 Å². The number of rotatable bonds is 3. The Balaban J connectivity index is 1.83. The van der Waals surface area contributed by atoms with E-state index >= 15 is 0 Å². The number of azo groups is 1. The van der Waals surface area contributed by atoms with Gasteiger partial charge in [0.05, 0.1) is 15.7 Å². The number of aromatic nitrogens is 2. The second-order valence-corrected chi connectivity index (χ2v) is 6.61. The van der Waals surface area contributed by atoms with Crippen LogP contribution in [0.1, 0.15) is 12.5 Å². The summed E-state index contributed by atoms with van der Waals surface area (Å²) in [6.45, 7) is 4.68. The molecule has 0 saturated heterocycles. The Hall–Kier alpha value is -2.73. The van der Waals surface area contributed by atoms with Crippen LogP contribution in [0, 0.1) is 6.92 Å². The quantitative estimate of drug-likeness (QED) is 0.488. The van der Waals surface area contributed by atoms with Crippen molar-refractivity contribution in [2.45, 2.75) is 20.4 Å². The third-order valence-electron chi connectivity index (χ3n) is 4.00. The Morgan fingerprint density at radius 3 is 2.79 bits per heavy atom. The van der Waals surface area contributed by atoms with Crippen molar-refractivity contribution in [2.24, 2.45) is 10.2 Å². The van der Waals surface area contributed by atoms with E-state index in [4.69, 9.17) is 0 Å². The summed E-state index contributed by atoms with van der Waals surface area (Å²) in [6.07, 6.45) is 0. The fourth-order valence-corrected chi connectivity index (χ4v) is 3.64. The highest BCUT2D eigenvalue weighted by molar-refractivity contribution is 7.21. The van der Waals surface area contributed by atoms with E-state index in [2.05, 4.69) is 15.2 Å². The minimum atomic E-state index is 0.142. The summed E-state index contributed by atoms with van der Waals surface area (Å²) in [5.41, 5.74) is 3.48. The molecule has 0 fully saturated rings. The molecular formula is C18H16N4OS. The predicted octanol–water partition coefficient (Wildman–Crippen LogP) is 5.70. The smallest absolute Gasteiger partial charge is 0.231 e. The highest BCUT2D eigenvalue weighted by atomic mass is 32.1. The molecule has 6 heteroatoms. The molecule has 24 heavy (non-hydrogen) atoms. The number of para-hydroxylation sites is 1. The van der Waals surface area contributed by atoms with Gasteiger partial charge in [-0.25, -0.2) is 4.98 Å². The first-order valence-electron chi connectivity index (χ1n) is 7.76. The fraction of sp³-hybridized carbons (Fsp3) is 0.167. The number of aromatic hydroxyl groups is 1. The summed E-state index contributed by atoms with van der Waals surface area (Å²) in [7, 11) is 0. The molecule has 120 valence electrons. The molecule has 0 saturated carbocycles. The molecule has 0 aliphatic carbocycles. The minimum Gasteiger partial charge on any atom is -0.493 e. The first kappa shape index (κ1) is 14.8. The molecule has 0 spiro atoms. The van der Waals surface area contributed by atoms with E-state index in [1.54, 1.807) is 0 Å². The molecule has 2 aromatic heterocycles. The molecule has 1 N–H and O–H groups in total. The van der Waals surface area contributed by atoms with E-state index in [9.17, 15) is 5.11 Å². The molecule has 4 rings (SSSR count). The molecule has 0 amide bonds. The van der Waals surface area contributed by atoms with Crippen molar-refractivity contribution in [3.8, 4) is 5.88 Å². The van der Waals surface area contributed by atoms with E-state index in [0.717, 1.165) is 26.7 Å². The van der Waals surface area contributed by atoms with Crippen molar-refractivity contribution in [1.29, 1.82) is 0 Å². The molecule has 0 radical (unpaired) electrons. The lowest BCUT2D eigenvalue weighted by molar-refractivity contribution is 0.427. The van der Waals surface area contributed by atoms with Crippen LogP contribution in [0.2, 0.25) is 0 Å². The van der Waals surface area contributed by atoms with Crippen LogP contribution in [0.25, 0.3) is 21.1 Å². The van der Waals surface area contributed by atoms with Crippen LogP contribution < -0.4 is 0 Å². The summed E-state index contributed by atoms with van der Waals surface area (Å²) in [5, 5.41) is 20.6. The van der Waals surface area contributed by atoms with Gasteiger partial charge < -0.3 is 9.67 Å². The molecule has 4 aromatic rings. The monoisotopic (exact) mass is 336 g/mol. The topological polar surface area (TPSA) is 62.8 Å². The summed E-state index contributed by atoms with van der Waals surface area (Å²) in [6, 6.07) is 13.9. The molecule has 0 aliphatic rings. The Morgan fingerprint density at radius 2 is 2.00 bits per heavy atom. The van der Waals surface area contributed by atoms with Crippen LogP contribution >= 0.6 is 11.3 Å². The number of nitrogens with zero attached hydrogens (tertiary/aromatic N) is 4. The number of hydrogen-bond acceptors (Lipinski definition) is 5. The van der Waals surface area contributed by atoms with Crippen LogP contribution in [0.5, 0.6) is 5.88 Å². The lowest BCUT2D eigenvalue weighted by Crippen LogP contribution is -1.91. The average Bonchev–Trinajstić information content (AvgIpc) is 3.10. The van der Waals surface area contributed by atoms with Gasteiger partial charge in [-0.05, 0) is 38.1 Å². The summed E-state index contributed by atoms with van der Waals surface area (Å²) in [5.74, 6) is 0.142. The number of fused-ring (bicyclic) bond motifs is 2. The van der Waals surface area contributed by atoms with Gasteiger partial charge in [-0.3, -0.25) is 0 Å². The summed E-state index contributed by atoms with van der Waals surface area (Å²) < 4.78 is 2.91. The van der Waals surface area contributed by atoms with Gasteiger partial charge in [-0.2, -0.15) is 0 Å². The highest BCUT2D eigenvalue weighted by Gasteiger charge is 2.16. The zero-order valence-corrected chi connectivity index (χ0v) is 14.2. The fourth-order valence-electron chi connectivity index (χ4n) is 2.85. The lowest BCUT2D eigenvalue weighted by Gasteiger charge is -2.01. The van der Waals surface area contributed by atoms with Crippen molar-refractivity contribution in [2.75, 3.05) is 0 Å². The van der Waals surface area contributed by atoms with Gasteiger partial charge in [0.2, 0.25) is 11.0 Å². The van der Waals surface area contributed by atoms with E-state index in [0.29, 0.717) is 17.4 Å². The van der Waals surface area contributed by atoms with E-state index in [1.807, 2.05) is 60.9 Å². The largest absolute Gasteiger partial charge is 0.493 e. The SMILES string of the molecule is CCn1c(O)c(N=Nc2nc3ccccc3s2)c2cc(C)ccc21. The highest BCUT2D eigenvalue weighted by Crippen LogP contribution is 2.40. The number of thiazole rings is 1. The zero-order chi connectivity index (χ0) is 16.7. The Labute approximate surface area is 142 Å². The molecule has 0 bridgehead atoms. The number of benzene rings is 2. The number of hydrogen-bond donors (Lipinski definition) is 1. The van der Waals surface area contributed by atoms with Crippen LogP contribution in [-0.4, -0.2) is 14.7 Å². The first-order chi connectivity index (χ1) is 11.7. The second-order valence-electron chi connectivity index (χ2n) is 5.60. The molecule has 0 aliphatic heterocycles. The number of aryl methyl sites for hydroxylation is 2. The van der Waals surface area contributed by atoms with Crippen LogP contribution in [0.3, 0.4) is 0 Å². The standard InChI is InChI=1S/C18H16N4OS/c1-3-22-14-9-8-11(2)10-12(14)16(17(22)23)20-21-18-19-13-6-4-5-7-15(13)24-18/h4-10,23H,3H2,1-2H3. The molecule has 2 aromatic carbocycles. The van der Waals surface area contributed by atoms with Crippen molar-refractivity contribution in [3.63, 3.8) is 0 Å². The van der Waals surface area contributed by atoms with Crippen molar-refractivity contribution in [1.82, 2.24) is 9.55 Å². The zero-order valence-electron chi connectivity index (χ0n) is 13.4. The average molecular weight is 336 g/mol. The predicted molar refractivity (Wildman–Crippen MR) is 97.8 cm³/mol. The van der Waals surface area contributed by atoms with Gasteiger partial charge in [0, 0.05) is 11.9 Å². The lowest BCUT2D eigenvalue weighted by atomic mass is 10.1. The van der Waals surface area contributed by atoms with Gasteiger partial charge in [-0.1, -0.05) is 35.1 Å². The van der Waals surface area contributed by atoms with Crippen molar-refractivity contribution < 1.29 is 5.11 Å². The van der Waals surface area contributed by atoms with Gasteiger partial charge in [0.1, 0.15) is 0 Å². The third-order valence-corrected chi connectivity index (χ3v) is 4.92. The maximum absolute atomic E-state index is 10.5. The minimum absolute atomic E-state index is 0.142. The third kappa shape index (κ3) is 2.35. The normalized spacial score (nSPS) is 11.9. The van der Waals surface area contributed by atoms with Gasteiger partial charge in [0.25, 0.3) is 0 Å². The van der Waals surface area contributed by atoms with E-state index < -0.39 is 0 Å². The Kier molecular flexibility index (Phi) is 3.54. The maximum atomic E-state index is 10.5.